The summed E-state index contributed by atoms with van der Waals surface area (Å²) in [6, 6.07) is 0. The van der Waals surface area contributed by atoms with E-state index >= 15 is 0 Å². The van der Waals surface area contributed by atoms with Crippen LogP contribution in [0.25, 0.3) is 0 Å². The third-order valence-electron chi connectivity index (χ3n) is 14.1. The highest BCUT2D eigenvalue weighted by atomic mass is 16.6. The second-order valence-electron chi connectivity index (χ2n) is 21.6. The Hall–Kier alpha value is -3.41. The van der Waals surface area contributed by atoms with E-state index < -0.39 is 6.10 Å². The smallest absolute Gasteiger partial charge is 0.306 e. The first-order chi connectivity index (χ1) is 37.5. The highest BCUT2D eigenvalue weighted by Crippen LogP contribution is 2.17. The molecule has 0 aromatic rings. The lowest BCUT2D eigenvalue weighted by Crippen LogP contribution is -2.30. The number of esters is 3. The third-order valence-corrected chi connectivity index (χ3v) is 14.1. The summed E-state index contributed by atoms with van der Waals surface area (Å²) in [6.07, 6.45) is 84.4. The summed E-state index contributed by atoms with van der Waals surface area (Å²) in [7, 11) is 0. The van der Waals surface area contributed by atoms with Crippen LogP contribution in [0.5, 0.6) is 0 Å². The molecule has 0 aromatic heterocycles. The predicted molar refractivity (Wildman–Crippen MR) is 330 cm³/mol. The molecule has 0 aromatic carbocycles. The van der Waals surface area contributed by atoms with Crippen molar-refractivity contribution in [2.24, 2.45) is 0 Å². The Labute approximate surface area is 471 Å². The average Bonchev–Trinajstić information content (AvgIpc) is 3.42. The number of rotatable bonds is 59. The molecule has 6 nitrogen and oxygen atoms in total. The van der Waals surface area contributed by atoms with Crippen molar-refractivity contribution in [2.75, 3.05) is 13.2 Å². The molecule has 0 aliphatic rings. The second-order valence-corrected chi connectivity index (χ2v) is 21.6. The minimum Gasteiger partial charge on any atom is -0.462 e. The third kappa shape index (κ3) is 61.4. The van der Waals surface area contributed by atoms with Crippen LogP contribution >= 0.6 is 0 Å². The second kappa shape index (κ2) is 64.1. The maximum absolute atomic E-state index is 12.9. The molecule has 0 saturated carbocycles. The average molecular weight is 1060 g/mol. The van der Waals surface area contributed by atoms with Gasteiger partial charge in [-0.25, -0.2) is 0 Å². The zero-order valence-electron chi connectivity index (χ0n) is 50.3. The van der Waals surface area contributed by atoms with Crippen molar-refractivity contribution >= 4 is 17.9 Å². The number of hydrogen-bond donors (Lipinski definition) is 0. The van der Waals surface area contributed by atoms with Gasteiger partial charge in [0, 0.05) is 19.3 Å². The minimum absolute atomic E-state index is 0.0794. The standard InChI is InChI=1S/C70H122O6/c1-4-7-10-13-16-19-22-25-28-30-31-32-33-34-35-36-37-38-39-40-43-45-48-51-54-57-60-63-69(72)75-66-67(65-74-68(71)62-59-56-53-50-47-44-41-27-24-21-18-15-12-9-6-3)76-70(73)64-61-58-55-52-49-46-42-29-26-23-20-17-14-11-8-5-2/h7,10,16,19-20,23,25,28-29,31-32,34-35,42,67H,4-6,8-9,11-15,17-18,21-22,24,26-27,30,33,36-41,43-66H2,1-3H3/b10-7-,19-16-,23-20-,28-25-,32-31-,35-34-,42-29-. The van der Waals surface area contributed by atoms with Crippen LogP contribution in [0.2, 0.25) is 0 Å². The van der Waals surface area contributed by atoms with Crippen LogP contribution < -0.4 is 0 Å². The molecule has 76 heavy (non-hydrogen) atoms. The molecule has 0 rings (SSSR count). The van der Waals surface area contributed by atoms with Crippen LogP contribution in [0.1, 0.15) is 323 Å². The number of hydrogen-bond acceptors (Lipinski definition) is 6. The number of ether oxygens (including phenoxy) is 3. The SMILES string of the molecule is CC/C=C\C/C=C\C/C=C\C/C=C\C/C=C\CCCCCCCCCCCCCC(=O)OCC(COC(=O)CCCCCCCCCCCCCCCCC)OC(=O)CCCCCCC/C=C\C/C=C\CCCCCC. The van der Waals surface area contributed by atoms with Crippen LogP contribution in [0.3, 0.4) is 0 Å². The summed E-state index contributed by atoms with van der Waals surface area (Å²) in [6.45, 7) is 6.53. The van der Waals surface area contributed by atoms with E-state index in [0.29, 0.717) is 19.3 Å². The zero-order chi connectivity index (χ0) is 55.0. The van der Waals surface area contributed by atoms with Gasteiger partial charge in [-0.2, -0.15) is 0 Å². The van der Waals surface area contributed by atoms with Gasteiger partial charge in [0.25, 0.3) is 0 Å². The number of unbranched alkanes of at least 4 members (excludes halogenated alkanes) is 34. The van der Waals surface area contributed by atoms with Crippen molar-refractivity contribution in [3.63, 3.8) is 0 Å². The zero-order valence-corrected chi connectivity index (χ0v) is 50.3. The largest absolute Gasteiger partial charge is 0.462 e. The molecule has 0 aliphatic carbocycles. The molecule has 0 radical (unpaired) electrons. The maximum Gasteiger partial charge on any atom is 0.306 e. The summed E-state index contributed by atoms with van der Waals surface area (Å²) in [5.41, 5.74) is 0. The quantitative estimate of drug-likeness (QED) is 0.0261. The van der Waals surface area contributed by atoms with Crippen molar-refractivity contribution in [1.29, 1.82) is 0 Å². The Morgan fingerprint density at radius 2 is 0.513 bits per heavy atom. The van der Waals surface area contributed by atoms with Gasteiger partial charge >= 0.3 is 17.9 Å². The summed E-state index contributed by atoms with van der Waals surface area (Å²) < 4.78 is 16.9. The molecule has 1 unspecified atom stereocenters. The van der Waals surface area contributed by atoms with Gasteiger partial charge in [0.1, 0.15) is 13.2 Å². The van der Waals surface area contributed by atoms with Gasteiger partial charge in [-0.3, -0.25) is 14.4 Å². The molecule has 0 bridgehead atoms. The van der Waals surface area contributed by atoms with Gasteiger partial charge < -0.3 is 14.2 Å². The van der Waals surface area contributed by atoms with Crippen molar-refractivity contribution in [1.82, 2.24) is 0 Å². The van der Waals surface area contributed by atoms with Crippen molar-refractivity contribution in [3.8, 4) is 0 Å². The topological polar surface area (TPSA) is 78.9 Å². The van der Waals surface area contributed by atoms with E-state index in [2.05, 4.69) is 106 Å². The normalized spacial score (nSPS) is 12.6. The van der Waals surface area contributed by atoms with Crippen LogP contribution in [0.15, 0.2) is 85.1 Å². The molecule has 0 aliphatic heterocycles. The lowest BCUT2D eigenvalue weighted by molar-refractivity contribution is -0.167. The maximum atomic E-state index is 12.9. The first kappa shape index (κ1) is 72.6. The van der Waals surface area contributed by atoms with E-state index in [1.165, 1.54) is 167 Å². The van der Waals surface area contributed by atoms with Gasteiger partial charge in [-0.15, -0.1) is 0 Å². The fourth-order valence-electron chi connectivity index (χ4n) is 9.27. The van der Waals surface area contributed by atoms with E-state index in [4.69, 9.17) is 14.2 Å². The summed E-state index contributed by atoms with van der Waals surface area (Å²) in [5.74, 6) is -0.882. The predicted octanol–water partition coefficient (Wildman–Crippen LogP) is 22.3. The van der Waals surface area contributed by atoms with Crippen molar-refractivity contribution in [2.45, 2.75) is 329 Å². The van der Waals surface area contributed by atoms with E-state index in [1.807, 2.05) is 0 Å². The van der Waals surface area contributed by atoms with Crippen LogP contribution in [-0.4, -0.2) is 37.2 Å². The molecule has 6 heteroatoms. The van der Waals surface area contributed by atoms with Gasteiger partial charge in [0.15, 0.2) is 6.10 Å². The monoisotopic (exact) mass is 1060 g/mol. The van der Waals surface area contributed by atoms with Gasteiger partial charge in [-0.1, -0.05) is 292 Å². The number of carbonyl (C=O) groups excluding carboxylic acids is 3. The fraction of sp³-hybridized carbons (Fsp3) is 0.757. The molecule has 0 amide bonds. The Morgan fingerprint density at radius 3 is 0.816 bits per heavy atom. The molecule has 0 saturated heterocycles. The molecule has 0 N–H and O–H groups in total. The Bertz CT molecular complexity index is 1450. The number of carbonyl (C=O) groups is 3. The van der Waals surface area contributed by atoms with Gasteiger partial charge in [0.05, 0.1) is 0 Å². The summed E-state index contributed by atoms with van der Waals surface area (Å²) in [4.78, 5) is 38.3. The van der Waals surface area contributed by atoms with Crippen LogP contribution in [0, 0.1) is 0 Å². The Morgan fingerprint density at radius 1 is 0.276 bits per heavy atom. The minimum atomic E-state index is -0.784. The molecule has 0 fully saturated rings. The fourth-order valence-corrected chi connectivity index (χ4v) is 9.27. The first-order valence-electron chi connectivity index (χ1n) is 32.6. The molecule has 0 spiro atoms. The van der Waals surface area contributed by atoms with E-state index in [9.17, 15) is 14.4 Å². The molecule has 0 heterocycles. The van der Waals surface area contributed by atoms with E-state index in [1.54, 1.807) is 0 Å². The van der Waals surface area contributed by atoms with E-state index in [-0.39, 0.29) is 31.1 Å². The highest BCUT2D eigenvalue weighted by Gasteiger charge is 2.19. The van der Waals surface area contributed by atoms with E-state index in [0.717, 1.165) is 116 Å². The molecule has 1 atom stereocenters. The Balaban J connectivity index is 4.31. The summed E-state index contributed by atoms with van der Waals surface area (Å²) >= 11 is 0. The van der Waals surface area contributed by atoms with Crippen molar-refractivity contribution < 1.29 is 28.6 Å². The van der Waals surface area contributed by atoms with Gasteiger partial charge in [0.2, 0.25) is 0 Å². The molecule has 438 valence electrons. The summed E-state index contributed by atoms with van der Waals surface area (Å²) in [5, 5.41) is 0. The molecular weight excluding hydrogens is 937 g/mol. The number of allylic oxidation sites excluding steroid dienone is 14. The van der Waals surface area contributed by atoms with Crippen molar-refractivity contribution in [3.05, 3.63) is 85.1 Å². The van der Waals surface area contributed by atoms with Crippen LogP contribution in [-0.2, 0) is 28.6 Å². The molecular formula is C70H122O6. The van der Waals surface area contributed by atoms with Gasteiger partial charge in [-0.05, 0) is 96.3 Å². The highest BCUT2D eigenvalue weighted by molar-refractivity contribution is 5.71. The Kier molecular flexibility index (Phi) is 61.2. The lowest BCUT2D eigenvalue weighted by Gasteiger charge is -2.18. The van der Waals surface area contributed by atoms with Crippen LogP contribution in [0.4, 0.5) is 0 Å². The lowest BCUT2D eigenvalue weighted by atomic mass is 10.0. The first-order valence-corrected chi connectivity index (χ1v) is 32.6.